The summed E-state index contributed by atoms with van der Waals surface area (Å²) in [5.41, 5.74) is 0. The molecule has 0 N–H and O–H groups in total. The summed E-state index contributed by atoms with van der Waals surface area (Å²) in [5, 5.41) is 0. The normalized spacial score (nSPS) is 24.6. The fourth-order valence-electron chi connectivity index (χ4n) is 1.55. The van der Waals surface area contributed by atoms with E-state index in [9.17, 15) is 0 Å². The van der Waals surface area contributed by atoms with Gasteiger partial charge in [-0.05, 0) is 6.42 Å². The Morgan fingerprint density at radius 2 is 1.90 bits per heavy atom. The highest BCUT2D eigenvalue weighted by atomic mass is 31.2. The van der Waals surface area contributed by atoms with E-state index in [1.165, 1.54) is 24.9 Å². The van der Waals surface area contributed by atoms with Crippen molar-refractivity contribution >= 4 is 7.26 Å². The van der Waals surface area contributed by atoms with Gasteiger partial charge in [0.25, 0.3) is 0 Å². The molecule has 0 aromatic rings. The lowest BCUT2D eigenvalue weighted by atomic mass is 10.6. The predicted molar refractivity (Wildman–Crippen MR) is 48.6 cm³/mol. The molecule has 0 radical (unpaired) electrons. The minimum Gasteiger partial charge on any atom is -0.374 e. The molecular weight excluding hydrogens is 143 g/mol. The summed E-state index contributed by atoms with van der Waals surface area (Å²) in [7, 11) is -0.488. The third kappa shape index (κ3) is 2.21. The Labute approximate surface area is 64.5 Å². The molecule has 0 spiro atoms. The van der Waals surface area contributed by atoms with Crippen molar-refractivity contribution in [2.75, 3.05) is 38.4 Å². The van der Waals surface area contributed by atoms with Crippen LogP contribution in [0.2, 0.25) is 0 Å². The van der Waals surface area contributed by atoms with E-state index in [0.29, 0.717) is 0 Å². The van der Waals surface area contributed by atoms with Gasteiger partial charge in [-0.2, -0.15) is 0 Å². The van der Waals surface area contributed by atoms with Gasteiger partial charge in [-0.15, -0.1) is 0 Å². The number of ether oxygens (including phenoxy) is 1. The Balaban J connectivity index is 2.32. The highest BCUT2D eigenvalue weighted by molar-refractivity contribution is 7.75. The fourth-order valence-corrected chi connectivity index (χ4v) is 4.44. The molecule has 1 nitrogen and oxygen atoms in total. The van der Waals surface area contributed by atoms with Gasteiger partial charge in [0.1, 0.15) is 0 Å². The van der Waals surface area contributed by atoms with Crippen molar-refractivity contribution in [1.29, 1.82) is 0 Å². The number of hydrogen-bond acceptors (Lipinski definition) is 1. The van der Waals surface area contributed by atoms with Crippen molar-refractivity contribution in [2.45, 2.75) is 13.3 Å². The van der Waals surface area contributed by atoms with Crippen molar-refractivity contribution in [3.05, 3.63) is 0 Å². The van der Waals surface area contributed by atoms with E-state index in [2.05, 4.69) is 13.6 Å². The van der Waals surface area contributed by atoms with Gasteiger partial charge in [0, 0.05) is 13.9 Å². The van der Waals surface area contributed by atoms with E-state index in [1.54, 1.807) is 0 Å². The third-order valence-corrected chi connectivity index (χ3v) is 6.37. The first kappa shape index (κ1) is 8.49. The molecule has 1 saturated heterocycles. The molecule has 0 atom stereocenters. The highest BCUT2D eigenvalue weighted by Crippen LogP contribution is 2.56. The molecule has 1 heterocycles. The number of rotatable bonds is 2. The zero-order valence-electron chi connectivity index (χ0n) is 7.10. The lowest BCUT2D eigenvalue weighted by Crippen LogP contribution is -2.20. The van der Waals surface area contributed by atoms with E-state index in [4.69, 9.17) is 4.74 Å². The molecule has 1 aliphatic rings. The van der Waals surface area contributed by atoms with Gasteiger partial charge in [0.15, 0.2) is 0 Å². The van der Waals surface area contributed by atoms with Crippen molar-refractivity contribution < 1.29 is 4.74 Å². The van der Waals surface area contributed by atoms with Crippen LogP contribution in [0.5, 0.6) is 0 Å². The quantitative estimate of drug-likeness (QED) is 0.563. The second-order valence-electron chi connectivity index (χ2n) is 3.40. The van der Waals surface area contributed by atoms with Crippen LogP contribution in [-0.2, 0) is 4.74 Å². The van der Waals surface area contributed by atoms with Crippen LogP contribution in [0.3, 0.4) is 0 Å². The molecule has 0 aliphatic carbocycles. The topological polar surface area (TPSA) is 9.23 Å². The summed E-state index contributed by atoms with van der Waals surface area (Å²) in [6.07, 6.45) is 5.60. The monoisotopic (exact) mass is 161 g/mol. The Morgan fingerprint density at radius 1 is 1.30 bits per heavy atom. The van der Waals surface area contributed by atoms with Gasteiger partial charge in [-0.1, -0.05) is 6.92 Å². The second kappa shape index (κ2) is 3.69. The van der Waals surface area contributed by atoms with E-state index < -0.39 is 7.26 Å². The maximum Gasteiger partial charge on any atom is 0.0826 e. The van der Waals surface area contributed by atoms with Crippen molar-refractivity contribution in [2.24, 2.45) is 0 Å². The first-order valence-corrected chi connectivity index (χ1v) is 6.97. The molecule has 1 aliphatic heterocycles. The maximum absolute atomic E-state index is 5.34. The molecule has 2 heteroatoms. The first-order chi connectivity index (χ1) is 4.77. The minimum atomic E-state index is -0.488. The average Bonchev–Trinajstić information content (AvgIpc) is 1.89. The van der Waals surface area contributed by atoms with Gasteiger partial charge in [0.2, 0.25) is 0 Å². The van der Waals surface area contributed by atoms with Crippen LogP contribution in [-0.4, -0.2) is 38.4 Å². The molecule has 0 aromatic carbocycles. The second-order valence-corrected chi connectivity index (χ2v) is 7.98. The van der Waals surface area contributed by atoms with Crippen molar-refractivity contribution in [3.63, 3.8) is 0 Å². The molecule has 10 heavy (non-hydrogen) atoms. The Hall–Kier alpha value is 0.390. The van der Waals surface area contributed by atoms with Crippen LogP contribution in [0.25, 0.3) is 0 Å². The Kier molecular flexibility index (Phi) is 3.13. The fraction of sp³-hybridized carbons (Fsp3) is 1.00. The molecule has 0 unspecified atom stereocenters. The maximum atomic E-state index is 5.34. The van der Waals surface area contributed by atoms with Crippen molar-refractivity contribution in [1.82, 2.24) is 0 Å². The molecule has 1 rings (SSSR count). The van der Waals surface area contributed by atoms with E-state index >= 15 is 0 Å². The van der Waals surface area contributed by atoms with E-state index in [0.717, 1.165) is 13.2 Å². The summed E-state index contributed by atoms with van der Waals surface area (Å²) < 4.78 is 5.34. The lowest BCUT2D eigenvalue weighted by molar-refractivity contribution is 0.157. The van der Waals surface area contributed by atoms with Gasteiger partial charge in [-0.3, -0.25) is 0 Å². The van der Waals surface area contributed by atoms with Crippen LogP contribution >= 0.6 is 7.26 Å². The SMILES string of the molecule is CCC[P+]1(C)CCOCC1. The van der Waals surface area contributed by atoms with Gasteiger partial charge < -0.3 is 4.74 Å². The summed E-state index contributed by atoms with van der Waals surface area (Å²) >= 11 is 0. The van der Waals surface area contributed by atoms with Crippen molar-refractivity contribution in [3.8, 4) is 0 Å². The molecule has 0 aromatic heterocycles. The third-order valence-electron chi connectivity index (χ3n) is 2.31. The van der Waals surface area contributed by atoms with Crippen LogP contribution in [0.4, 0.5) is 0 Å². The standard InChI is InChI=1S/C8H18OP/c1-3-6-10(2)7-4-9-5-8-10/h3-8H2,1-2H3/q+1. The van der Waals surface area contributed by atoms with Crippen LogP contribution < -0.4 is 0 Å². The summed E-state index contributed by atoms with van der Waals surface area (Å²) in [6.45, 7) is 6.86. The largest absolute Gasteiger partial charge is 0.374 e. The molecule has 0 saturated carbocycles. The molecule has 60 valence electrons. The van der Waals surface area contributed by atoms with E-state index in [-0.39, 0.29) is 0 Å². The summed E-state index contributed by atoms with van der Waals surface area (Å²) in [6, 6.07) is 0. The lowest BCUT2D eigenvalue weighted by Gasteiger charge is -2.26. The smallest absolute Gasteiger partial charge is 0.0826 e. The van der Waals surface area contributed by atoms with Crippen LogP contribution in [0, 0.1) is 0 Å². The molecule has 1 fully saturated rings. The Bertz CT molecular complexity index is 91.9. The van der Waals surface area contributed by atoms with Gasteiger partial charge in [-0.25, -0.2) is 0 Å². The predicted octanol–water partition coefficient (Wildman–Crippen LogP) is 2.07. The highest BCUT2D eigenvalue weighted by Gasteiger charge is 2.32. The summed E-state index contributed by atoms with van der Waals surface area (Å²) in [4.78, 5) is 0. The van der Waals surface area contributed by atoms with Gasteiger partial charge >= 0.3 is 0 Å². The summed E-state index contributed by atoms with van der Waals surface area (Å²) in [5.74, 6) is 0. The molecule has 0 bridgehead atoms. The molecular formula is C8H18OP+. The zero-order valence-corrected chi connectivity index (χ0v) is 7.99. The zero-order chi connectivity index (χ0) is 7.45. The van der Waals surface area contributed by atoms with Crippen LogP contribution in [0.15, 0.2) is 0 Å². The van der Waals surface area contributed by atoms with E-state index in [1.807, 2.05) is 0 Å². The minimum absolute atomic E-state index is 0.488. The Morgan fingerprint density at radius 3 is 2.40 bits per heavy atom. The number of hydrogen-bond donors (Lipinski definition) is 0. The average molecular weight is 161 g/mol. The first-order valence-electron chi connectivity index (χ1n) is 4.18. The molecule has 0 amide bonds. The van der Waals surface area contributed by atoms with Crippen LogP contribution in [0.1, 0.15) is 13.3 Å². The van der Waals surface area contributed by atoms with Gasteiger partial charge in [0.05, 0.1) is 31.7 Å².